The Morgan fingerprint density at radius 3 is 2.71 bits per heavy atom. The van der Waals surface area contributed by atoms with Crippen LogP contribution in [0.5, 0.6) is 0 Å². The molecule has 0 N–H and O–H groups in total. The molecule has 0 fully saturated rings. The number of para-hydroxylation sites is 2. The molecule has 2 aliphatic heterocycles. The highest BCUT2D eigenvalue weighted by atomic mass is 32.2. The largest absolute Gasteiger partial charge is 0.337 e. The molecule has 4 heterocycles. The molecular formula is C24H22N3OS3+. The number of rotatable bonds is 1. The molecule has 2 aromatic heterocycles. The highest BCUT2D eigenvalue weighted by molar-refractivity contribution is 8.08. The second-order valence-electron chi connectivity index (χ2n) is 7.83. The van der Waals surface area contributed by atoms with Gasteiger partial charge in [0.05, 0.1) is 11.3 Å². The van der Waals surface area contributed by atoms with Crippen LogP contribution in [0.25, 0.3) is 20.8 Å². The van der Waals surface area contributed by atoms with E-state index in [-0.39, 0.29) is 5.56 Å². The zero-order valence-electron chi connectivity index (χ0n) is 17.4. The summed E-state index contributed by atoms with van der Waals surface area (Å²) in [4.78, 5) is 16.9. The summed E-state index contributed by atoms with van der Waals surface area (Å²) in [6, 6.07) is 17.0. The van der Waals surface area contributed by atoms with Crippen molar-refractivity contribution in [2.45, 2.75) is 37.8 Å². The predicted octanol–water partition coefficient (Wildman–Crippen LogP) is 3.73. The van der Waals surface area contributed by atoms with Gasteiger partial charge in [-0.3, -0.25) is 9.36 Å². The van der Waals surface area contributed by atoms with E-state index in [1.807, 2.05) is 15.9 Å². The van der Waals surface area contributed by atoms with Crippen LogP contribution in [-0.4, -0.2) is 11.6 Å². The van der Waals surface area contributed by atoms with E-state index in [1.165, 1.54) is 31.4 Å². The van der Waals surface area contributed by atoms with Crippen LogP contribution < -0.4 is 24.2 Å². The highest BCUT2D eigenvalue weighted by Gasteiger charge is 2.30. The number of thioether (sulfide) groups is 1. The molecule has 0 aliphatic carbocycles. The maximum atomic E-state index is 13.5. The maximum absolute atomic E-state index is 13.5. The van der Waals surface area contributed by atoms with Crippen LogP contribution >= 0.6 is 34.4 Å². The number of hydrogen-bond donors (Lipinski definition) is 0. The van der Waals surface area contributed by atoms with Crippen molar-refractivity contribution >= 4 is 60.9 Å². The van der Waals surface area contributed by atoms with E-state index in [9.17, 15) is 4.79 Å². The van der Waals surface area contributed by atoms with E-state index in [4.69, 9.17) is 0 Å². The van der Waals surface area contributed by atoms with Gasteiger partial charge in [0.15, 0.2) is 6.54 Å². The predicted molar refractivity (Wildman–Crippen MR) is 131 cm³/mol. The minimum atomic E-state index is 0.135. The van der Waals surface area contributed by atoms with Crippen LogP contribution in [0.2, 0.25) is 0 Å². The molecular weight excluding hydrogens is 442 g/mol. The number of fused-ring (bicyclic) bond motifs is 4. The van der Waals surface area contributed by atoms with Crippen molar-refractivity contribution in [1.82, 2.24) is 4.57 Å². The van der Waals surface area contributed by atoms with Crippen LogP contribution in [0.15, 0.2) is 58.2 Å². The molecule has 31 heavy (non-hydrogen) atoms. The number of nitrogens with zero attached hydrogens (tertiary/aromatic N) is 3. The molecule has 0 radical (unpaired) electrons. The SMILES string of the molecule is CCn1c(=O)/c(=C2/Sc3ccccc3N2C)s/c1=C1/CCC[n+]2c1sc1ccccc12. The Bertz CT molecular complexity index is 1530. The van der Waals surface area contributed by atoms with E-state index >= 15 is 0 Å². The van der Waals surface area contributed by atoms with Crippen molar-refractivity contribution in [3.8, 4) is 0 Å². The van der Waals surface area contributed by atoms with Crippen LogP contribution in [0.4, 0.5) is 5.69 Å². The summed E-state index contributed by atoms with van der Waals surface area (Å²) in [7, 11) is 2.07. The molecule has 4 nitrogen and oxygen atoms in total. The first-order valence-corrected chi connectivity index (χ1v) is 13.0. The Labute approximate surface area is 192 Å². The van der Waals surface area contributed by atoms with Crippen LogP contribution in [0.1, 0.15) is 24.8 Å². The lowest BCUT2D eigenvalue weighted by Crippen LogP contribution is -2.41. The molecule has 6 rings (SSSR count). The second-order valence-corrected chi connectivity index (χ2v) is 10.9. The van der Waals surface area contributed by atoms with Gasteiger partial charge in [-0.05, 0) is 31.5 Å². The summed E-state index contributed by atoms with van der Waals surface area (Å²) in [5.41, 5.74) is 3.94. The Morgan fingerprint density at radius 1 is 1.06 bits per heavy atom. The molecule has 156 valence electrons. The quantitative estimate of drug-likeness (QED) is 0.402. The number of benzene rings is 2. The fourth-order valence-electron chi connectivity index (χ4n) is 4.56. The number of aryl methyl sites for hydroxylation is 1. The van der Waals surface area contributed by atoms with Crippen molar-refractivity contribution in [2.75, 3.05) is 11.9 Å². The highest BCUT2D eigenvalue weighted by Crippen LogP contribution is 2.45. The number of anilines is 1. The van der Waals surface area contributed by atoms with Crippen molar-refractivity contribution in [3.05, 3.63) is 73.1 Å². The van der Waals surface area contributed by atoms with Gasteiger partial charge in [-0.1, -0.05) is 47.4 Å². The third kappa shape index (κ3) is 2.87. The maximum Gasteiger partial charge on any atom is 0.271 e. The molecule has 7 heteroatoms. The normalized spacial score (nSPS) is 19.1. The van der Waals surface area contributed by atoms with Gasteiger partial charge in [0.1, 0.15) is 18.9 Å². The van der Waals surface area contributed by atoms with Gasteiger partial charge in [0.25, 0.3) is 10.6 Å². The Balaban J connectivity index is 1.65. The van der Waals surface area contributed by atoms with Gasteiger partial charge in [-0.25, -0.2) is 0 Å². The zero-order valence-corrected chi connectivity index (χ0v) is 19.9. The van der Waals surface area contributed by atoms with Crippen molar-refractivity contribution in [2.24, 2.45) is 0 Å². The summed E-state index contributed by atoms with van der Waals surface area (Å²) < 4.78 is 7.73. The summed E-state index contributed by atoms with van der Waals surface area (Å²) >= 11 is 5.23. The molecule has 0 saturated heterocycles. The monoisotopic (exact) mass is 464 g/mol. The first kappa shape index (κ1) is 19.3. The molecule has 0 atom stereocenters. The van der Waals surface area contributed by atoms with Crippen LogP contribution in [-0.2, 0) is 13.1 Å². The smallest absolute Gasteiger partial charge is 0.271 e. The molecule has 0 saturated carbocycles. The lowest BCUT2D eigenvalue weighted by Gasteiger charge is -2.11. The van der Waals surface area contributed by atoms with E-state index < -0.39 is 0 Å². The summed E-state index contributed by atoms with van der Waals surface area (Å²) in [6.45, 7) is 3.81. The van der Waals surface area contributed by atoms with Crippen LogP contribution in [0, 0.1) is 0 Å². The molecule has 2 aliphatic rings. The molecule has 0 amide bonds. The molecule has 0 bridgehead atoms. The van der Waals surface area contributed by atoms with Crippen molar-refractivity contribution in [1.29, 1.82) is 0 Å². The van der Waals surface area contributed by atoms with E-state index in [1.54, 1.807) is 23.1 Å². The first-order valence-electron chi connectivity index (χ1n) is 10.6. The summed E-state index contributed by atoms with van der Waals surface area (Å²) in [5, 5.41) is 2.36. The Hall–Kier alpha value is -2.35. The van der Waals surface area contributed by atoms with Crippen molar-refractivity contribution < 1.29 is 4.57 Å². The van der Waals surface area contributed by atoms with Gasteiger partial charge < -0.3 is 4.90 Å². The first-order chi connectivity index (χ1) is 15.2. The number of thiazole rings is 2. The van der Waals surface area contributed by atoms with Gasteiger partial charge in [0, 0.05) is 31.0 Å². The van der Waals surface area contributed by atoms with E-state index in [0.717, 1.165) is 33.6 Å². The lowest BCUT2D eigenvalue weighted by atomic mass is 10.1. The van der Waals surface area contributed by atoms with E-state index in [2.05, 4.69) is 72.0 Å². The van der Waals surface area contributed by atoms with Gasteiger partial charge in [0.2, 0.25) is 5.52 Å². The Kier molecular flexibility index (Phi) is 4.59. The average molecular weight is 465 g/mol. The number of aromatic nitrogens is 2. The molecule has 0 spiro atoms. The van der Waals surface area contributed by atoms with Crippen LogP contribution in [0.3, 0.4) is 0 Å². The van der Waals surface area contributed by atoms with Gasteiger partial charge in [-0.15, -0.1) is 11.3 Å². The van der Waals surface area contributed by atoms with Gasteiger partial charge in [-0.2, -0.15) is 4.57 Å². The fraction of sp³-hybridized carbons (Fsp3) is 0.250. The lowest BCUT2D eigenvalue weighted by molar-refractivity contribution is -0.672. The third-order valence-electron chi connectivity index (χ3n) is 6.06. The fourth-order valence-corrected chi connectivity index (χ4v) is 8.47. The molecule has 4 aromatic rings. The van der Waals surface area contributed by atoms with E-state index in [0.29, 0.717) is 6.54 Å². The second kappa shape index (κ2) is 7.36. The zero-order chi connectivity index (χ0) is 21.1. The molecule has 2 aromatic carbocycles. The third-order valence-corrected chi connectivity index (χ3v) is 9.89. The summed E-state index contributed by atoms with van der Waals surface area (Å²) in [6.07, 6.45) is 2.13. The topological polar surface area (TPSA) is 29.1 Å². The average Bonchev–Trinajstić information content (AvgIpc) is 3.45. The van der Waals surface area contributed by atoms with Gasteiger partial charge >= 0.3 is 0 Å². The minimum Gasteiger partial charge on any atom is -0.337 e. The number of hydrogen-bond acceptors (Lipinski definition) is 5. The van der Waals surface area contributed by atoms with Crippen molar-refractivity contribution in [3.63, 3.8) is 0 Å². The standard InChI is InChI=1S/C24H22N3OS3/c1-3-26-21(28)20(24-25(2)16-10-4-6-12-18(16)30-24)31-22(26)15-9-8-14-27-17-11-5-7-13-19(17)29-23(15)27/h4-7,10-13H,3,8-9,14H2,1-2H3/q+1/b24-20-. The molecule has 0 unspecified atom stereocenters. The summed E-state index contributed by atoms with van der Waals surface area (Å²) in [5.74, 6) is 0. The Morgan fingerprint density at radius 2 is 1.87 bits per heavy atom. The minimum absolute atomic E-state index is 0.135.